The SMILES string of the molecule is Cc1nc([C@H]2CCCN2C(=O)C[C@@H]2CCOc3ccccc32)no1. The van der Waals surface area contributed by atoms with E-state index in [9.17, 15) is 4.79 Å². The second-order valence-electron chi connectivity index (χ2n) is 6.49. The average Bonchev–Trinajstić information content (AvgIpc) is 3.24. The molecule has 1 fully saturated rings. The summed E-state index contributed by atoms with van der Waals surface area (Å²) in [5.41, 5.74) is 1.14. The first-order valence-electron chi connectivity index (χ1n) is 8.54. The van der Waals surface area contributed by atoms with Gasteiger partial charge in [-0.1, -0.05) is 23.4 Å². The van der Waals surface area contributed by atoms with E-state index >= 15 is 0 Å². The van der Waals surface area contributed by atoms with Crippen molar-refractivity contribution in [2.75, 3.05) is 13.2 Å². The molecular weight excluding hydrogens is 306 g/mol. The number of rotatable bonds is 3. The molecule has 0 bridgehead atoms. The number of carbonyl (C=O) groups is 1. The van der Waals surface area contributed by atoms with Crippen LogP contribution >= 0.6 is 0 Å². The first-order valence-corrected chi connectivity index (χ1v) is 8.54. The van der Waals surface area contributed by atoms with Crippen LogP contribution < -0.4 is 4.74 Å². The molecule has 2 aromatic rings. The van der Waals surface area contributed by atoms with Crippen molar-refractivity contribution >= 4 is 5.91 Å². The summed E-state index contributed by atoms with van der Waals surface area (Å²) in [6.07, 6.45) is 3.26. The topological polar surface area (TPSA) is 68.5 Å². The standard InChI is InChI=1S/C18H21N3O3/c1-12-19-18(20-24-12)15-6-4-9-21(15)17(22)11-13-8-10-23-16-7-3-2-5-14(13)16/h2-3,5,7,13,15H,4,6,8-11H2,1H3/t13-,15+/m0/s1. The molecule has 2 atom stereocenters. The number of ether oxygens (including phenoxy) is 1. The van der Waals surface area contributed by atoms with Crippen molar-refractivity contribution in [1.29, 1.82) is 0 Å². The predicted molar refractivity (Wildman–Crippen MR) is 86.6 cm³/mol. The molecule has 2 aliphatic rings. The third-order valence-corrected chi connectivity index (χ3v) is 4.92. The fourth-order valence-corrected chi connectivity index (χ4v) is 3.74. The van der Waals surface area contributed by atoms with Crippen molar-refractivity contribution in [3.63, 3.8) is 0 Å². The van der Waals surface area contributed by atoms with Gasteiger partial charge in [0.05, 0.1) is 12.6 Å². The lowest BCUT2D eigenvalue weighted by atomic mass is 9.90. The first kappa shape index (κ1) is 15.2. The van der Waals surface area contributed by atoms with Crippen LogP contribution in [0.4, 0.5) is 0 Å². The minimum atomic E-state index is -0.0509. The van der Waals surface area contributed by atoms with E-state index < -0.39 is 0 Å². The van der Waals surface area contributed by atoms with Crippen LogP contribution in [0.5, 0.6) is 5.75 Å². The van der Waals surface area contributed by atoms with Gasteiger partial charge in [-0.25, -0.2) is 0 Å². The maximum atomic E-state index is 12.9. The van der Waals surface area contributed by atoms with Gasteiger partial charge in [0, 0.05) is 19.9 Å². The normalized spacial score (nSPS) is 23.0. The lowest BCUT2D eigenvalue weighted by Gasteiger charge is -2.28. The van der Waals surface area contributed by atoms with Crippen molar-refractivity contribution < 1.29 is 14.1 Å². The average molecular weight is 327 g/mol. The van der Waals surface area contributed by atoms with E-state index in [1.165, 1.54) is 0 Å². The number of aromatic nitrogens is 2. The molecule has 0 radical (unpaired) electrons. The van der Waals surface area contributed by atoms with E-state index in [0.717, 1.165) is 37.1 Å². The van der Waals surface area contributed by atoms with E-state index in [2.05, 4.69) is 16.2 Å². The highest BCUT2D eigenvalue weighted by molar-refractivity contribution is 5.78. The number of para-hydroxylation sites is 1. The highest BCUT2D eigenvalue weighted by Crippen LogP contribution is 2.38. The maximum Gasteiger partial charge on any atom is 0.223 e. The summed E-state index contributed by atoms with van der Waals surface area (Å²) < 4.78 is 10.8. The second-order valence-corrected chi connectivity index (χ2v) is 6.49. The molecule has 24 heavy (non-hydrogen) atoms. The summed E-state index contributed by atoms with van der Waals surface area (Å²) in [5, 5.41) is 4.01. The van der Waals surface area contributed by atoms with Crippen molar-refractivity contribution in [2.45, 2.75) is 44.6 Å². The molecule has 2 aliphatic heterocycles. The number of nitrogens with zero attached hydrogens (tertiary/aromatic N) is 3. The Labute approximate surface area is 140 Å². The Balaban J connectivity index is 1.50. The van der Waals surface area contributed by atoms with Gasteiger partial charge in [0.2, 0.25) is 11.8 Å². The van der Waals surface area contributed by atoms with Crippen LogP contribution in [0.1, 0.15) is 54.9 Å². The summed E-state index contributed by atoms with van der Waals surface area (Å²) in [6.45, 7) is 3.21. The van der Waals surface area contributed by atoms with Crippen LogP contribution in [0.15, 0.2) is 28.8 Å². The van der Waals surface area contributed by atoms with E-state index in [4.69, 9.17) is 9.26 Å². The van der Waals surface area contributed by atoms with Crippen molar-refractivity contribution in [1.82, 2.24) is 15.0 Å². The third kappa shape index (κ3) is 2.77. The molecular formula is C18H21N3O3. The van der Waals surface area contributed by atoms with Crippen LogP contribution in [-0.2, 0) is 4.79 Å². The number of hydrogen-bond donors (Lipinski definition) is 0. The summed E-state index contributed by atoms with van der Waals surface area (Å²) >= 11 is 0. The van der Waals surface area contributed by atoms with Gasteiger partial charge >= 0.3 is 0 Å². The number of carbonyl (C=O) groups excluding carboxylic acids is 1. The zero-order valence-electron chi connectivity index (χ0n) is 13.8. The van der Waals surface area contributed by atoms with Crippen molar-refractivity contribution in [3.8, 4) is 5.75 Å². The van der Waals surface area contributed by atoms with E-state index in [1.807, 2.05) is 23.1 Å². The Morgan fingerprint density at radius 1 is 1.33 bits per heavy atom. The monoisotopic (exact) mass is 327 g/mol. The van der Waals surface area contributed by atoms with Gasteiger partial charge in [0.15, 0.2) is 5.82 Å². The Bertz CT molecular complexity index is 743. The van der Waals surface area contributed by atoms with Crippen LogP contribution in [0.2, 0.25) is 0 Å². The molecule has 6 heteroatoms. The first-order chi connectivity index (χ1) is 11.7. The van der Waals surface area contributed by atoms with Gasteiger partial charge < -0.3 is 14.2 Å². The van der Waals surface area contributed by atoms with Gasteiger partial charge in [0.25, 0.3) is 0 Å². The molecule has 4 rings (SSSR count). The molecule has 126 valence electrons. The highest BCUT2D eigenvalue weighted by atomic mass is 16.5. The predicted octanol–water partition coefficient (Wildman–Crippen LogP) is 3.00. The largest absolute Gasteiger partial charge is 0.493 e. The van der Waals surface area contributed by atoms with Gasteiger partial charge in [-0.2, -0.15) is 4.98 Å². The van der Waals surface area contributed by atoms with Crippen LogP contribution in [-0.4, -0.2) is 34.1 Å². The highest BCUT2D eigenvalue weighted by Gasteiger charge is 2.35. The Kier molecular flexibility index (Phi) is 3.96. The Morgan fingerprint density at radius 2 is 2.21 bits per heavy atom. The fourth-order valence-electron chi connectivity index (χ4n) is 3.74. The van der Waals surface area contributed by atoms with Gasteiger partial charge in [-0.15, -0.1) is 0 Å². The zero-order chi connectivity index (χ0) is 16.5. The molecule has 0 N–H and O–H groups in total. The van der Waals surface area contributed by atoms with E-state index in [-0.39, 0.29) is 17.9 Å². The van der Waals surface area contributed by atoms with Crippen molar-refractivity contribution in [3.05, 3.63) is 41.5 Å². The van der Waals surface area contributed by atoms with Crippen LogP contribution in [0, 0.1) is 6.92 Å². The lowest BCUT2D eigenvalue weighted by molar-refractivity contribution is -0.132. The molecule has 3 heterocycles. The molecule has 0 saturated carbocycles. The number of fused-ring (bicyclic) bond motifs is 1. The third-order valence-electron chi connectivity index (χ3n) is 4.92. The molecule has 0 aliphatic carbocycles. The molecule has 1 aromatic carbocycles. The minimum absolute atomic E-state index is 0.0509. The molecule has 1 saturated heterocycles. The van der Waals surface area contributed by atoms with Crippen molar-refractivity contribution in [2.24, 2.45) is 0 Å². The number of hydrogen-bond acceptors (Lipinski definition) is 5. The smallest absolute Gasteiger partial charge is 0.223 e. The summed E-state index contributed by atoms with van der Waals surface area (Å²) in [7, 11) is 0. The minimum Gasteiger partial charge on any atom is -0.493 e. The Hall–Kier alpha value is -2.37. The second kappa shape index (κ2) is 6.26. The summed E-state index contributed by atoms with van der Waals surface area (Å²) in [4.78, 5) is 19.1. The fraction of sp³-hybridized carbons (Fsp3) is 0.500. The quantitative estimate of drug-likeness (QED) is 0.867. The van der Waals surface area contributed by atoms with Gasteiger partial charge in [0.1, 0.15) is 5.75 Å². The number of amides is 1. The molecule has 6 nitrogen and oxygen atoms in total. The lowest BCUT2D eigenvalue weighted by Crippen LogP contribution is -2.32. The molecule has 0 unspecified atom stereocenters. The Morgan fingerprint density at radius 3 is 3.04 bits per heavy atom. The van der Waals surface area contributed by atoms with Gasteiger partial charge in [-0.3, -0.25) is 4.79 Å². The number of benzene rings is 1. The molecule has 1 amide bonds. The van der Waals surface area contributed by atoms with E-state index in [1.54, 1.807) is 6.92 Å². The van der Waals surface area contributed by atoms with E-state index in [0.29, 0.717) is 24.7 Å². The maximum absolute atomic E-state index is 12.9. The van der Waals surface area contributed by atoms with Gasteiger partial charge in [-0.05, 0) is 36.8 Å². The molecule has 0 spiro atoms. The summed E-state index contributed by atoms with van der Waals surface area (Å²) in [6, 6.07) is 7.97. The number of aryl methyl sites for hydroxylation is 1. The zero-order valence-corrected chi connectivity index (χ0v) is 13.8. The molecule has 1 aromatic heterocycles. The number of likely N-dealkylation sites (tertiary alicyclic amines) is 1. The van der Waals surface area contributed by atoms with Crippen LogP contribution in [0.3, 0.4) is 0 Å². The summed E-state index contributed by atoms with van der Waals surface area (Å²) in [5.74, 6) is 2.47. The van der Waals surface area contributed by atoms with Crippen LogP contribution in [0.25, 0.3) is 0 Å².